The first-order valence-electron chi connectivity index (χ1n) is 3.44. The predicted octanol–water partition coefficient (Wildman–Crippen LogP) is 0.550. The maximum absolute atomic E-state index is 8.36. The molecule has 0 unspecified atom stereocenters. The molecule has 0 radical (unpaired) electrons. The fourth-order valence-corrected chi connectivity index (χ4v) is 0.619. The molecule has 1 aromatic rings. The van der Waals surface area contributed by atoms with Crippen molar-refractivity contribution in [3.05, 3.63) is 29.6 Å². The third kappa shape index (κ3) is 4.40. The number of pyridine rings is 1. The molecule has 0 saturated heterocycles. The van der Waals surface area contributed by atoms with E-state index in [2.05, 4.69) is 4.98 Å². The fraction of sp³-hybridized carbons (Fsp3) is 0.250. The summed E-state index contributed by atoms with van der Waals surface area (Å²) >= 11 is 0. The van der Waals surface area contributed by atoms with Gasteiger partial charge < -0.3 is 10.8 Å². The smallest absolute Gasteiger partial charge is 0.290 e. The minimum absolute atomic E-state index is 0.250. The van der Waals surface area contributed by atoms with Crippen molar-refractivity contribution < 1.29 is 9.90 Å². The minimum atomic E-state index is -0.250. The number of rotatable bonds is 1. The van der Waals surface area contributed by atoms with Gasteiger partial charge in [0.15, 0.2) is 0 Å². The van der Waals surface area contributed by atoms with E-state index in [1.165, 1.54) is 5.56 Å². The largest absolute Gasteiger partial charge is 0.483 e. The zero-order chi connectivity index (χ0) is 9.40. The zero-order valence-electron chi connectivity index (χ0n) is 6.90. The van der Waals surface area contributed by atoms with Gasteiger partial charge in [-0.05, 0) is 18.6 Å². The maximum Gasteiger partial charge on any atom is 0.290 e. The molecule has 3 N–H and O–H groups in total. The van der Waals surface area contributed by atoms with Gasteiger partial charge >= 0.3 is 0 Å². The van der Waals surface area contributed by atoms with Gasteiger partial charge in [0.2, 0.25) is 0 Å². The number of aromatic nitrogens is 1. The summed E-state index contributed by atoms with van der Waals surface area (Å²) in [6.07, 6.45) is 1.82. The summed E-state index contributed by atoms with van der Waals surface area (Å²) in [5, 5.41) is 6.89. The first-order valence-corrected chi connectivity index (χ1v) is 3.44. The van der Waals surface area contributed by atoms with Crippen molar-refractivity contribution in [2.45, 2.75) is 13.5 Å². The Labute approximate surface area is 71.0 Å². The quantitative estimate of drug-likeness (QED) is 0.600. The SMILES string of the molecule is Cc1ccc(CN)nc1.O=CO. The van der Waals surface area contributed by atoms with Crippen LogP contribution in [0, 0.1) is 6.92 Å². The zero-order valence-corrected chi connectivity index (χ0v) is 6.90. The first kappa shape index (κ1) is 10.6. The van der Waals surface area contributed by atoms with E-state index in [1.807, 2.05) is 25.3 Å². The standard InChI is InChI=1S/C7H10N2.CH2O2/c1-6-2-3-7(4-8)9-5-6;2-1-3/h2-3,5H,4,8H2,1H3;1H,(H,2,3). The van der Waals surface area contributed by atoms with E-state index in [0.717, 1.165) is 5.69 Å². The van der Waals surface area contributed by atoms with Gasteiger partial charge in [-0.3, -0.25) is 9.78 Å². The van der Waals surface area contributed by atoms with Gasteiger partial charge in [0.05, 0.1) is 5.69 Å². The molecule has 0 atom stereocenters. The lowest BCUT2D eigenvalue weighted by atomic mass is 10.3. The monoisotopic (exact) mass is 168 g/mol. The number of carbonyl (C=O) groups is 1. The molecular formula is C8H12N2O2. The lowest BCUT2D eigenvalue weighted by molar-refractivity contribution is -0.122. The van der Waals surface area contributed by atoms with Gasteiger partial charge in [0.1, 0.15) is 0 Å². The maximum atomic E-state index is 8.36. The average Bonchev–Trinajstić information content (AvgIpc) is 2.07. The van der Waals surface area contributed by atoms with Crippen molar-refractivity contribution in [1.29, 1.82) is 0 Å². The summed E-state index contributed by atoms with van der Waals surface area (Å²) < 4.78 is 0. The van der Waals surface area contributed by atoms with Gasteiger partial charge in [-0.25, -0.2) is 0 Å². The van der Waals surface area contributed by atoms with E-state index in [9.17, 15) is 0 Å². The second-order valence-corrected chi connectivity index (χ2v) is 2.14. The predicted molar refractivity (Wildman–Crippen MR) is 45.6 cm³/mol. The molecule has 0 amide bonds. The summed E-state index contributed by atoms with van der Waals surface area (Å²) in [5.74, 6) is 0. The molecule has 1 heterocycles. The molecule has 4 nitrogen and oxygen atoms in total. The Bertz CT molecular complexity index is 221. The number of nitrogens with zero attached hydrogens (tertiary/aromatic N) is 1. The van der Waals surface area contributed by atoms with Crippen LogP contribution < -0.4 is 5.73 Å². The van der Waals surface area contributed by atoms with Crippen LogP contribution in [0.2, 0.25) is 0 Å². The van der Waals surface area contributed by atoms with Crippen molar-refractivity contribution in [3.63, 3.8) is 0 Å². The summed E-state index contributed by atoms with van der Waals surface area (Å²) in [7, 11) is 0. The molecule has 4 heteroatoms. The van der Waals surface area contributed by atoms with Crippen LogP contribution in [0.4, 0.5) is 0 Å². The summed E-state index contributed by atoms with van der Waals surface area (Å²) in [5.41, 5.74) is 7.46. The normalized spacial score (nSPS) is 8.17. The van der Waals surface area contributed by atoms with E-state index in [0.29, 0.717) is 6.54 Å². The van der Waals surface area contributed by atoms with Crippen LogP contribution in [-0.4, -0.2) is 16.6 Å². The molecule has 66 valence electrons. The minimum Gasteiger partial charge on any atom is -0.483 e. The van der Waals surface area contributed by atoms with Crippen LogP contribution in [0.5, 0.6) is 0 Å². The molecule has 0 bridgehead atoms. The highest BCUT2D eigenvalue weighted by Gasteiger charge is 1.86. The van der Waals surface area contributed by atoms with Gasteiger partial charge in [0.25, 0.3) is 6.47 Å². The van der Waals surface area contributed by atoms with Crippen LogP contribution in [-0.2, 0) is 11.3 Å². The van der Waals surface area contributed by atoms with Crippen LogP contribution in [0.15, 0.2) is 18.3 Å². The van der Waals surface area contributed by atoms with E-state index in [-0.39, 0.29) is 6.47 Å². The van der Waals surface area contributed by atoms with Gasteiger partial charge in [-0.1, -0.05) is 6.07 Å². The highest BCUT2D eigenvalue weighted by Crippen LogP contribution is 1.95. The van der Waals surface area contributed by atoms with Crippen molar-refractivity contribution in [1.82, 2.24) is 4.98 Å². The lowest BCUT2D eigenvalue weighted by Crippen LogP contribution is -1.98. The molecular weight excluding hydrogens is 156 g/mol. The van der Waals surface area contributed by atoms with Crippen molar-refractivity contribution in [2.75, 3.05) is 0 Å². The number of hydrogen-bond donors (Lipinski definition) is 2. The van der Waals surface area contributed by atoms with E-state index in [1.54, 1.807) is 0 Å². The molecule has 0 fully saturated rings. The third-order valence-electron chi connectivity index (χ3n) is 1.18. The Kier molecular flexibility index (Phi) is 5.55. The molecule has 0 aliphatic carbocycles. The van der Waals surface area contributed by atoms with E-state index < -0.39 is 0 Å². The fourth-order valence-electron chi connectivity index (χ4n) is 0.619. The van der Waals surface area contributed by atoms with Crippen molar-refractivity contribution >= 4 is 6.47 Å². The number of aryl methyl sites for hydroxylation is 1. The van der Waals surface area contributed by atoms with E-state index >= 15 is 0 Å². The van der Waals surface area contributed by atoms with Gasteiger partial charge in [-0.2, -0.15) is 0 Å². The lowest BCUT2D eigenvalue weighted by Gasteiger charge is -1.93. The topological polar surface area (TPSA) is 76.2 Å². The Morgan fingerprint density at radius 2 is 2.25 bits per heavy atom. The summed E-state index contributed by atoms with van der Waals surface area (Å²) in [4.78, 5) is 12.4. The average molecular weight is 168 g/mol. The molecule has 12 heavy (non-hydrogen) atoms. The molecule has 1 aromatic heterocycles. The van der Waals surface area contributed by atoms with Crippen molar-refractivity contribution in [3.8, 4) is 0 Å². The van der Waals surface area contributed by atoms with Gasteiger partial charge in [0, 0.05) is 12.7 Å². The Balaban J connectivity index is 0.000000354. The van der Waals surface area contributed by atoms with E-state index in [4.69, 9.17) is 15.6 Å². The molecule has 0 saturated carbocycles. The molecule has 0 aromatic carbocycles. The molecule has 0 aliphatic heterocycles. The second-order valence-electron chi connectivity index (χ2n) is 2.14. The first-order chi connectivity index (χ1) is 5.74. The number of nitrogens with two attached hydrogens (primary N) is 1. The molecule has 0 spiro atoms. The third-order valence-corrected chi connectivity index (χ3v) is 1.18. The Morgan fingerprint density at radius 3 is 2.58 bits per heavy atom. The van der Waals surface area contributed by atoms with Gasteiger partial charge in [-0.15, -0.1) is 0 Å². The number of hydrogen-bond acceptors (Lipinski definition) is 3. The second kappa shape index (κ2) is 6.30. The van der Waals surface area contributed by atoms with Crippen LogP contribution in [0.1, 0.15) is 11.3 Å². The summed E-state index contributed by atoms with van der Waals surface area (Å²) in [6, 6.07) is 3.95. The highest BCUT2D eigenvalue weighted by molar-refractivity contribution is 5.32. The van der Waals surface area contributed by atoms with Crippen LogP contribution >= 0.6 is 0 Å². The molecule has 0 aliphatic rings. The van der Waals surface area contributed by atoms with Crippen LogP contribution in [0.25, 0.3) is 0 Å². The molecule has 1 rings (SSSR count). The van der Waals surface area contributed by atoms with Crippen molar-refractivity contribution in [2.24, 2.45) is 5.73 Å². The summed E-state index contributed by atoms with van der Waals surface area (Å²) in [6.45, 7) is 2.29. The van der Waals surface area contributed by atoms with Crippen LogP contribution in [0.3, 0.4) is 0 Å². The highest BCUT2D eigenvalue weighted by atomic mass is 16.3. The number of carboxylic acid groups (broad SMARTS) is 1. The Hall–Kier alpha value is -1.42. The Morgan fingerprint density at radius 1 is 1.67 bits per heavy atom.